The zero-order valence-corrected chi connectivity index (χ0v) is 15.8. The summed E-state index contributed by atoms with van der Waals surface area (Å²) in [5.74, 6) is -1.14. The van der Waals surface area contributed by atoms with Crippen molar-refractivity contribution in [1.29, 1.82) is 0 Å². The van der Waals surface area contributed by atoms with Crippen molar-refractivity contribution in [3.05, 3.63) is 69.9 Å². The lowest BCUT2D eigenvalue weighted by Gasteiger charge is -2.28. The Morgan fingerprint density at radius 1 is 1.20 bits per heavy atom. The number of rotatable bonds is 4. The average molecular weight is 426 g/mol. The fourth-order valence-corrected chi connectivity index (χ4v) is 5.08. The molecule has 0 saturated carbocycles. The standard InChI is InChI=1S/C18H17BrFNO3S/c19-14-6-7-17(20)16(10-14)18(22)21(11-13-4-2-1-3-5-13)15-8-9-25(23,24)12-15/h1-7,10,15H,8-9,11-12H2/t15-/m1/s1. The lowest BCUT2D eigenvalue weighted by Crippen LogP contribution is -2.41. The molecule has 0 aromatic heterocycles. The molecule has 7 heteroatoms. The maximum Gasteiger partial charge on any atom is 0.257 e. The molecule has 1 amide bonds. The van der Waals surface area contributed by atoms with Crippen molar-refractivity contribution < 1.29 is 17.6 Å². The summed E-state index contributed by atoms with van der Waals surface area (Å²) in [6.45, 7) is 0.242. The van der Waals surface area contributed by atoms with Crippen molar-refractivity contribution in [3.63, 3.8) is 0 Å². The third-order valence-corrected chi connectivity index (χ3v) is 6.51. The van der Waals surface area contributed by atoms with Gasteiger partial charge in [-0.2, -0.15) is 0 Å². The number of hydrogen-bond acceptors (Lipinski definition) is 3. The van der Waals surface area contributed by atoms with Crippen LogP contribution in [-0.2, 0) is 16.4 Å². The lowest BCUT2D eigenvalue weighted by atomic mass is 10.1. The van der Waals surface area contributed by atoms with Crippen LogP contribution >= 0.6 is 15.9 Å². The second-order valence-corrected chi connectivity index (χ2v) is 9.24. The van der Waals surface area contributed by atoms with E-state index in [0.717, 1.165) is 5.56 Å². The number of hydrogen-bond donors (Lipinski definition) is 0. The Morgan fingerprint density at radius 3 is 2.56 bits per heavy atom. The molecule has 3 rings (SSSR count). The molecule has 0 N–H and O–H groups in total. The molecule has 132 valence electrons. The minimum absolute atomic E-state index is 0.0528. The van der Waals surface area contributed by atoms with Crippen molar-refractivity contribution in [2.75, 3.05) is 11.5 Å². The summed E-state index contributed by atoms with van der Waals surface area (Å²) < 4.78 is 38.5. The van der Waals surface area contributed by atoms with Crippen LogP contribution in [-0.4, -0.2) is 36.8 Å². The van der Waals surface area contributed by atoms with Crippen LogP contribution in [0.25, 0.3) is 0 Å². The summed E-state index contributed by atoms with van der Waals surface area (Å²) in [6.07, 6.45) is 0.372. The number of carbonyl (C=O) groups is 1. The van der Waals surface area contributed by atoms with Crippen molar-refractivity contribution >= 4 is 31.7 Å². The molecule has 4 nitrogen and oxygen atoms in total. The summed E-state index contributed by atoms with van der Waals surface area (Å²) in [5, 5.41) is 0. The molecule has 1 atom stereocenters. The molecule has 25 heavy (non-hydrogen) atoms. The topological polar surface area (TPSA) is 54.5 Å². The summed E-state index contributed by atoms with van der Waals surface area (Å²) in [6, 6.07) is 13.0. The van der Waals surface area contributed by atoms with Crippen LogP contribution in [0.2, 0.25) is 0 Å². The highest BCUT2D eigenvalue weighted by Gasteiger charge is 2.35. The Balaban J connectivity index is 1.95. The van der Waals surface area contributed by atoms with E-state index >= 15 is 0 Å². The quantitative estimate of drug-likeness (QED) is 0.753. The molecule has 1 heterocycles. The summed E-state index contributed by atoms with van der Waals surface area (Å²) in [5.41, 5.74) is 0.810. The van der Waals surface area contributed by atoms with Gasteiger partial charge < -0.3 is 4.90 Å². The van der Waals surface area contributed by atoms with Gasteiger partial charge in [-0.1, -0.05) is 46.3 Å². The van der Waals surface area contributed by atoms with E-state index in [0.29, 0.717) is 10.9 Å². The molecule has 1 saturated heterocycles. The molecule has 1 aliphatic rings. The van der Waals surface area contributed by atoms with Gasteiger partial charge in [0.15, 0.2) is 9.84 Å². The molecule has 1 aliphatic heterocycles. The van der Waals surface area contributed by atoms with Gasteiger partial charge in [0.05, 0.1) is 17.1 Å². The monoisotopic (exact) mass is 425 g/mol. The summed E-state index contributed by atoms with van der Waals surface area (Å²) in [7, 11) is -3.16. The van der Waals surface area contributed by atoms with Crippen LogP contribution in [0.4, 0.5) is 4.39 Å². The third-order valence-electron chi connectivity index (χ3n) is 4.26. The van der Waals surface area contributed by atoms with Crippen LogP contribution in [0.1, 0.15) is 22.3 Å². The minimum Gasteiger partial charge on any atom is -0.330 e. The van der Waals surface area contributed by atoms with E-state index in [-0.39, 0.29) is 23.6 Å². The second kappa shape index (κ2) is 7.25. The largest absolute Gasteiger partial charge is 0.330 e. The predicted molar refractivity (Wildman–Crippen MR) is 97.5 cm³/mol. The zero-order valence-electron chi connectivity index (χ0n) is 13.4. The maximum absolute atomic E-state index is 14.2. The highest BCUT2D eigenvalue weighted by Crippen LogP contribution is 2.24. The van der Waals surface area contributed by atoms with E-state index in [1.807, 2.05) is 30.3 Å². The first-order valence-corrected chi connectivity index (χ1v) is 10.5. The highest BCUT2D eigenvalue weighted by atomic mass is 79.9. The Labute approximate surface area is 154 Å². The first-order chi connectivity index (χ1) is 11.9. The number of carbonyl (C=O) groups excluding carboxylic acids is 1. The van der Waals surface area contributed by atoms with E-state index in [4.69, 9.17) is 0 Å². The number of halogens is 2. The predicted octanol–water partition coefficient (Wildman–Crippen LogP) is 3.42. The first kappa shape index (κ1) is 18.1. The van der Waals surface area contributed by atoms with Crippen LogP contribution in [0.15, 0.2) is 53.0 Å². The van der Waals surface area contributed by atoms with Crippen molar-refractivity contribution in [1.82, 2.24) is 4.90 Å². The molecule has 1 fully saturated rings. The fourth-order valence-electron chi connectivity index (χ4n) is 2.98. The minimum atomic E-state index is -3.16. The lowest BCUT2D eigenvalue weighted by molar-refractivity contribution is 0.0676. The SMILES string of the molecule is O=C(c1cc(Br)ccc1F)N(Cc1ccccc1)[C@@H]1CCS(=O)(=O)C1. The van der Waals surface area contributed by atoms with Gasteiger partial charge in [-0.15, -0.1) is 0 Å². The molecule has 0 radical (unpaired) electrons. The van der Waals surface area contributed by atoms with Gasteiger partial charge >= 0.3 is 0 Å². The molecule has 0 bridgehead atoms. The van der Waals surface area contributed by atoms with E-state index < -0.39 is 27.6 Å². The van der Waals surface area contributed by atoms with Gasteiger partial charge in [-0.3, -0.25) is 4.79 Å². The van der Waals surface area contributed by atoms with Gasteiger partial charge in [0.25, 0.3) is 5.91 Å². The average Bonchev–Trinajstić information content (AvgIpc) is 2.95. The Hall–Kier alpha value is -1.73. The number of amides is 1. The fraction of sp³-hybridized carbons (Fsp3) is 0.278. The number of sulfone groups is 1. The maximum atomic E-state index is 14.2. The highest BCUT2D eigenvalue weighted by molar-refractivity contribution is 9.10. The smallest absolute Gasteiger partial charge is 0.257 e. The molecular weight excluding hydrogens is 409 g/mol. The van der Waals surface area contributed by atoms with Gasteiger partial charge in [-0.05, 0) is 30.2 Å². The first-order valence-electron chi connectivity index (χ1n) is 7.86. The molecule has 2 aromatic rings. The van der Waals surface area contributed by atoms with Crippen LogP contribution in [0, 0.1) is 5.82 Å². The van der Waals surface area contributed by atoms with Gasteiger partial charge in [0.1, 0.15) is 5.82 Å². The van der Waals surface area contributed by atoms with Gasteiger partial charge in [0, 0.05) is 17.1 Å². The molecule has 0 aliphatic carbocycles. The molecule has 0 spiro atoms. The Morgan fingerprint density at radius 2 is 1.92 bits per heavy atom. The normalized spacial score (nSPS) is 18.9. The van der Waals surface area contributed by atoms with E-state index in [1.54, 1.807) is 0 Å². The Kier molecular flexibility index (Phi) is 5.24. The van der Waals surface area contributed by atoms with E-state index in [1.165, 1.54) is 23.1 Å². The third kappa shape index (κ3) is 4.27. The molecule has 0 unspecified atom stereocenters. The van der Waals surface area contributed by atoms with Crippen LogP contribution in [0.5, 0.6) is 0 Å². The van der Waals surface area contributed by atoms with Gasteiger partial charge in [-0.25, -0.2) is 12.8 Å². The van der Waals surface area contributed by atoms with E-state index in [9.17, 15) is 17.6 Å². The second-order valence-electron chi connectivity index (χ2n) is 6.10. The summed E-state index contributed by atoms with van der Waals surface area (Å²) >= 11 is 3.25. The van der Waals surface area contributed by atoms with Gasteiger partial charge in [0.2, 0.25) is 0 Å². The number of benzene rings is 2. The van der Waals surface area contributed by atoms with E-state index in [2.05, 4.69) is 15.9 Å². The number of nitrogens with zero attached hydrogens (tertiary/aromatic N) is 1. The zero-order chi connectivity index (χ0) is 18.0. The van der Waals surface area contributed by atoms with Crippen molar-refractivity contribution in [2.24, 2.45) is 0 Å². The van der Waals surface area contributed by atoms with Crippen LogP contribution in [0.3, 0.4) is 0 Å². The van der Waals surface area contributed by atoms with Crippen LogP contribution < -0.4 is 0 Å². The molecular formula is C18H17BrFNO3S. The Bertz CT molecular complexity index is 886. The van der Waals surface area contributed by atoms with Crippen molar-refractivity contribution in [3.8, 4) is 0 Å². The molecule has 2 aromatic carbocycles. The van der Waals surface area contributed by atoms with Crippen molar-refractivity contribution in [2.45, 2.75) is 19.0 Å². The summed E-state index contributed by atoms with van der Waals surface area (Å²) in [4.78, 5) is 14.5.